The Morgan fingerprint density at radius 2 is 2.06 bits per heavy atom. The van der Waals surface area contributed by atoms with Crippen LogP contribution in [0.15, 0.2) is 41.1 Å². The van der Waals surface area contributed by atoms with Gasteiger partial charge in [-0.2, -0.15) is 0 Å². The summed E-state index contributed by atoms with van der Waals surface area (Å²) in [6, 6.07) is 7.86. The van der Waals surface area contributed by atoms with E-state index in [0.29, 0.717) is 0 Å². The van der Waals surface area contributed by atoms with Crippen molar-refractivity contribution in [3.05, 3.63) is 42.2 Å². The fourth-order valence-corrected chi connectivity index (χ4v) is 2.05. The predicted molar refractivity (Wildman–Crippen MR) is 77.2 cm³/mol. The molecule has 1 heterocycles. The van der Waals surface area contributed by atoms with Crippen molar-refractivity contribution in [2.24, 2.45) is 4.40 Å². The van der Waals surface area contributed by atoms with Crippen LogP contribution in [0.5, 0.6) is 0 Å². The Labute approximate surface area is 110 Å². The Hall–Kier alpha value is -1.39. The van der Waals surface area contributed by atoms with Crippen LogP contribution in [0.2, 0.25) is 0 Å². The Morgan fingerprint density at radius 1 is 1.28 bits per heavy atom. The monoisotopic (exact) mass is 260 g/mol. The smallest absolute Gasteiger partial charge is 0.144 e. The Morgan fingerprint density at radius 3 is 2.78 bits per heavy atom. The fourth-order valence-electron chi connectivity index (χ4n) is 1.52. The van der Waals surface area contributed by atoms with E-state index >= 15 is 0 Å². The highest BCUT2D eigenvalue weighted by molar-refractivity contribution is 7.91. The molecule has 4 heteroatoms. The molecule has 94 valence electrons. The van der Waals surface area contributed by atoms with E-state index in [-0.39, 0.29) is 4.75 Å². The van der Waals surface area contributed by atoms with Crippen molar-refractivity contribution in [2.45, 2.75) is 25.5 Å². The second-order valence-corrected chi connectivity index (χ2v) is 6.97. The lowest BCUT2D eigenvalue weighted by Gasteiger charge is -2.17. The van der Waals surface area contributed by atoms with E-state index in [1.54, 1.807) is 12.4 Å². The Kier molecular flexibility index (Phi) is 3.68. The maximum atomic E-state index is 11.9. The lowest BCUT2D eigenvalue weighted by atomic mass is 10.1. The number of aromatic nitrogens is 1. The van der Waals surface area contributed by atoms with E-state index < -0.39 is 11.4 Å². The van der Waals surface area contributed by atoms with E-state index in [4.69, 9.17) is 0 Å². The van der Waals surface area contributed by atoms with Crippen molar-refractivity contribution in [2.75, 3.05) is 0 Å². The van der Waals surface area contributed by atoms with Gasteiger partial charge in [-0.05, 0) is 32.2 Å². The highest BCUT2D eigenvalue weighted by atomic mass is 32.2. The number of pyridine rings is 1. The van der Waals surface area contributed by atoms with E-state index in [9.17, 15) is 4.55 Å². The minimum absolute atomic E-state index is 0.331. The van der Waals surface area contributed by atoms with Gasteiger partial charge in [0.25, 0.3) is 0 Å². The van der Waals surface area contributed by atoms with Gasteiger partial charge < -0.3 is 4.55 Å². The van der Waals surface area contributed by atoms with Crippen LogP contribution >= 0.6 is 0 Å². The van der Waals surface area contributed by atoms with Crippen molar-refractivity contribution in [1.82, 2.24) is 4.98 Å². The van der Waals surface area contributed by atoms with Crippen molar-refractivity contribution in [3.8, 4) is 0 Å². The van der Waals surface area contributed by atoms with E-state index in [1.165, 1.54) is 0 Å². The molecule has 1 atom stereocenters. The molecule has 0 bridgehead atoms. The summed E-state index contributed by atoms with van der Waals surface area (Å²) in [5, 5.41) is 2.13. The van der Waals surface area contributed by atoms with Crippen molar-refractivity contribution >= 4 is 28.3 Å². The first-order chi connectivity index (χ1) is 8.48. The predicted octanol–water partition coefficient (Wildman–Crippen LogP) is 3.12. The number of hydrogen-bond donors (Lipinski definition) is 0. The number of nitrogens with zero attached hydrogens (tertiary/aromatic N) is 2. The average Bonchev–Trinajstić information content (AvgIpc) is 2.34. The van der Waals surface area contributed by atoms with Gasteiger partial charge in [0.15, 0.2) is 0 Å². The second-order valence-electron chi connectivity index (χ2n) is 5.04. The molecule has 3 nitrogen and oxygen atoms in total. The standard InChI is InChI=1S/C14H16N2OS/c1-14(2,3)18(17)16-10-12-6-4-5-11-9-15-8-7-13(11)12/h4-10H,1-3H3. The zero-order valence-corrected chi connectivity index (χ0v) is 11.6. The molecular weight excluding hydrogens is 244 g/mol. The van der Waals surface area contributed by atoms with E-state index in [2.05, 4.69) is 9.38 Å². The molecule has 2 aromatic rings. The normalized spacial score (nSPS) is 14.2. The minimum atomic E-state index is -1.23. The van der Waals surface area contributed by atoms with Crippen LogP contribution in [-0.2, 0) is 11.4 Å². The first-order valence-electron chi connectivity index (χ1n) is 5.77. The van der Waals surface area contributed by atoms with Crippen LogP contribution in [0.4, 0.5) is 0 Å². The second kappa shape index (κ2) is 5.08. The van der Waals surface area contributed by atoms with Gasteiger partial charge >= 0.3 is 0 Å². The average molecular weight is 260 g/mol. The lowest BCUT2D eigenvalue weighted by Crippen LogP contribution is -2.25. The van der Waals surface area contributed by atoms with Gasteiger partial charge in [-0.15, -0.1) is 0 Å². The van der Waals surface area contributed by atoms with E-state index in [0.717, 1.165) is 16.3 Å². The largest absolute Gasteiger partial charge is 0.591 e. The molecule has 1 aromatic carbocycles. The van der Waals surface area contributed by atoms with Gasteiger partial charge in [0.2, 0.25) is 0 Å². The maximum absolute atomic E-state index is 11.9. The first-order valence-corrected chi connectivity index (χ1v) is 6.88. The molecule has 0 aliphatic rings. The Bertz CT molecular complexity index is 570. The highest BCUT2D eigenvalue weighted by Gasteiger charge is 2.25. The number of fused-ring (bicyclic) bond motifs is 1. The summed E-state index contributed by atoms with van der Waals surface area (Å²) < 4.78 is 15.7. The zero-order chi connectivity index (χ0) is 13.2. The summed E-state index contributed by atoms with van der Waals surface area (Å²) in [5.41, 5.74) is 0.965. The SMILES string of the molecule is CC(C)(C)[S+]([O-])N=Cc1cccc2cnccc12. The molecular formula is C14H16N2OS. The van der Waals surface area contributed by atoms with Crippen LogP contribution < -0.4 is 0 Å². The molecule has 0 saturated heterocycles. The third kappa shape index (κ3) is 2.89. The zero-order valence-electron chi connectivity index (χ0n) is 10.8. The summed E-state index contributed by atoms with van der Waals surface area (Å²) in [5.74, 6) is 0. The maximum Gasteiger partial charge on any atom is 0.144 e. The lowest BCUT2D eigenvalue weighted by molar-refractivity contribution is 0.562. The van der Waals surface area contributed by atoms with E-state index in [1.807, 2.05) is 51.2 Å². The van der Waals surface area contributed by atoms with Crippen LogP contribution in [0.25, 0.3) is 10.8 Å². The van der Waals surface area contributed by atoms with Crippen molar-refractivity contribution in [3.63, 3.8) is 0 Å². The fraction of sp³-hybridized carbons (Fsp3) is 0.286. The summed E-state index contributed by atoms with van der Waals surface area (Å²) in [7, 11) is 0. The van der Waals surface area contributed by atoms with Crippen LogP contribution in [0.3, 0.4) is 0 Å². The topological polar surface area (TPSA) is 48.3 Å². The summed E-state index contributed by atoms with van der Waals surface area (Å²) in [4.78, 5) is 4.08. The van der Waals surface area contributed by atoms with Crippen molar-refractivity contribution in [1.29, 1.82) is 0 Å². The summed E-state index contributed by atoms with van der Waals surface area (Å²) >= 11 is -1.23. The van der Waals surface area contributed by atoms with Crippen LogP contribution in [-0.4, -0.2) is 20.5 Å². The van der Waals surface area contributed by atoms with Gasteiger partial charge in [0.1, 0.15) is 16.1 Å². The van der Waals surface area contributed by atoms with Crippen LogP contribution in [0.1, 0.15) is 26.3 Å². The third-order valence-corrected chi connectivity index (χ3v) is 3.87. The molecule has 0 fully saturated rings. The van der Waals surface area contributed by atoms with Crippen molar-refractivity contribution < 1.29 is 4.55 Å². The van der Waals surface area contributed by atoms with Crippen LogP contribution in [0, 0.1) is 0 Å². The molecule has 18 heavy (non-hydrogen) atoms. The number of benzene rings is 1. The molecule has 0 radical (unpaired) electrons. The molecule has 2 rings (SSSR count). The quantitative estimate of drug-likeness (QED) is 0.615. The minimum Gasteiger partial charge on any atom is -0.591 e. The number of hydrogen-bond acceptors (Lipinski definition) is 3. The van der Waals surface area contributed by atoms with Gasteiger partial charge in [-0.1, -0.05) is 22.6 Å². The van der Waals surface area contributed by atoms with Gasteiger partial charge in [-0.25, -0.2) is 0 Å². The summed E-state index contributed by atoms with van der Waals surface area (Å²) in [6.45, 7) is 5.73. The summed E-state index contributed by atoms with van der Waals surface area (Å²) in [6.07, 6.45) is 5.25. The molecule has 0 aliphatic heterocycles. The molecule has 0 spiro atoms. The molecule has 0 saturated carbocycles. The molecule has 0 aliphatic carbocycles. The van der Waals surface area contributed by atoms with Gasteiger partial charge in [0.05, 0.1) is 6.21 Å². The molecule has 0 N–H and O–H groups in total. The molecule has 1 aromatic heterocycles. The molecule has 0 amide bonds. The third-order valence-electron chi connectivity index (χ3n) is 2.53. The highest BCUT2D eigenvalue weighted by Crippen LogP contribution is 2.19. The van der Waals surface area contributed by atoms with Gasteiger partial charge in [0, 0.05) is 23.3 Å². The Balaban J connectivity index is 2.35. The number of rotatable bonds is 2. The molecule has 1 unspecified atom stereocenters. The van der Waals surface area contributed by atoms with Gasteiger partial charge in [-0.3, -0.25) is 4.98 Å². The first kappa shape index (κ1) is 13.1.